The van der Waals surface area contributed by atoms with Crippen molar-refractivity contribution in [2.24, 2.45) is 5.92 Å². The minimum absolute atomic E-state index is 0.0559. The van der Waals surface area contributed by atoms with E-state index >= 15 is 0 Å². The fourth-order valence-electron chi connectivity index (χ4n) is 5.76. The van der Waals surface area contributed by atoms with Crippen molar-refractivity contribution in [3.63, 3.8) is 0 Å². The number of carbonyl (C=O) groups excluding carboxylic acids is 2. The third-order valence-electron chi connectivity index (χ3n) is 8.35. The number of nitrogens with one attached hydrogen (secondary N) is 2. The first kappa shape index (κ1) is 34.2. The smallest absolute Gasteiger partial charge is 0.345 e. The lowest BCUT2D eigenvalue weighted by Crippen LogP contribution is -2.42. The minimum atomic E-state index is -3.41. The highest BCUT2D eigenvalue weighted by molar-refractivity contribution is 7.91. The van der Waals surface area contributed by atoms with Crippen LogP contribution in [0, 0.1) is 17.2 Å². The van der Waals surface area contributed by atoms with Gasteiger partial charge in [0.05, 0.1) is 41.8 Å². The molecule has 0 radical (unpaired) electrons. The lowest BCUT2D eigenvalue weighted by Gasteiger charge is -2.28. The fourth-order valence-corrected chi connectivity index (χ4v) is 6.65. The fraction of sp³-hybridized carbons (Fsp3) is 0.516. The summed E-state index contributed by atoms with van der Waals surface area (Å²) in [5, 5.41) is 15.0. The Labute approximate surface area is 259 Å². The molecule has 0 bridgehead atoms. The summed E-state index contributed by atoms with van der Waals surface area (Å²) in [6.45, 7) is -1.48. The summed E-state index contributed by atoms with van der Waals surface area (Å²) in [7, 11) is -3.41. The summed E-state index contributed by atoms with van der Waals surface area (Å²) >= 11 is 0. The van der Waals surface area contributed by atoms with Crippen molar-refractivity contribution >= 4 is 27.3 Å². The van der Waals surface area contributed by atoms with Gasteiger partial charge in [-0.25, -0.2) is 17.2 Å². The Bertz CT molecular complexity index is 1470. The maximum Gasteiger partial charge on any atom is 0.345 e. The van der Waals surface area contributed by atoms with E-state index in [4.69, 9.17) is 0 Å². The molecular formula is C31H36F4N4O5S. The standard InChI is InChI=1S/C31H36F4N4O5S/c1-2-45(42,43)26-9-5-20(6-10-26)27(13-16-36)38-29(41)21-3-7-24(8-4-21)39-18-23(17-25(39)19-44-30(32)33)37-28(40)22-11-14-31(34,35)15-12-22/h3-10,22-23,25,27,30H,2,11-15,17-19H2,1H3,(H,37,40)(H,38,41)/t23-,25-,27-/m0/s1. The van der Waals surface area contributed by atoms with Gasteiger partial charge in [0.25, 0.3) is 5.91 Å². The van der Waals surface area contributed by atoms with Gasteiger partial charge in [0.2, 0.25) is 11.8 Å². The summed E-state index contributed by atoms with van der Waals surface area (Å²) in [5.41, 5.74) is 1.43. The molecule has 4 rings (SSSR count). The van der Waals surface area contributed by atoms with Crippen LogP contribution in [-0.4, -0.2) is 63.8 Å². The Morgan fingerprint density at radius 3 is 2.31 bits per heavy atom. The number of sulfone groups is 1. The van der Waals surface area contributed by atoms with Gasteiger partial charge in [0.15, 0.2) is 9.84 Å². The monoisotopic (exact) mass is 652 g/mol. The predicted octanol–water partition coefficient (Wildman–Crippen LogP) is 4.99. The van der Waals surface area contributed by atoms with E-state index in [1.165, 1.54) is 19.1 Å². The molecule has 2 fully saturated rings. The second kappa shape index (κ2) is 14.6. The van der Waals surface area contributed by atoms with Crippen LogP contribution in [0.3, 0.4) is 0 Å². The maximum absolute atomic E-state index is 13.5. The molecule has 1 aliphatic heterocycles. The van der Waals surface area contributed by atoms with Gasteiger partial charge >= 0.3 is 6.61 Å². The van der Waals surface area contributed by atoms with Crippen LogP contribution in [0.2, 0.25) is 0 Å². The topological polar surface area (TPSA) is 129 Å². The van der Waals surface area contributed by atoms with E-state index in [0.29, 0.717) is 17.7 Å². The van der Waals surface area contributed by atoms with Crippen molar-refractivity contribution in [1.29, 1.82) is 5.26 Å². The number of halogens is 4. The van der Waals surface area contributed by atoms with Crippen molar-refractivity contribution in [2.45, 2.75) is 81.0 Å². The Hall–Kier alpha value is -3.70. The van der Waals surface area contributed by atoms with Gasteiger partial charge in [-0.15, -0.1) is 0 Å². The lowest BCUT2D eigenvalue weighted by molar-refractivity contribution is -0.132. The van der Waals surface area contributed by atoms with Gasteiger partial charge in [0, 0.05) is 42.6 Å². The zero-order valence-corrected chi connectivity index (χ0v) is 25.5. The van der Waals surface area contributed by atoms with E-state index in [1.54, 1.807) is 41.3 Å². The molecule has 9 nitrogen and oxygen atoms in total. The molecular weight excluding hydrogens is 616 g/mol. The average Bonchev–Trinajstić information content (AvgIpc) is 3.42. The maximum atomic E-state index is 13.5. The van der Waals surface area contributed by atoms with Gasteiger partial charge in [-0.3, -0.25) is 9.59 Å². The molecule has 0 unspecified atom stereocenters. The molecule has 3 atom stereocenters. The molecule has 0 spiro atoms. The first-order valence-electron chi connectivity index (χ1n) is 14.8. The van der Waals surface area contributed by atoms with Gasteiger partial charge in [-0.2, -0.15) is 14.0 Å². The van der Waals surface area contributed by atoms with E-state index < -0.39 is 52.3 Å². The van der Waals surface area contributed by atoms with Crippen LogP contribution in [0.25, 0.3) is 0 Å². The molecule has 1 saturated carbocycles. The van der Waals surface area contributed by atoms with E-state index in [2.05, 4.69) is 15.4 Å². The third-order valence-corrected chi connectivity index (χ3v) is 10.1. The molecule has 244 valence electrons. The summed E-state index contributed by atoms with van der Waals surface area (Å²) < 4.78 is 81.6. The van der Waals surface area contributed by atoms with Gasteiger partial charge in [0.1, 0.15) is 0 Å². The first-order chi connectivity index (χ1) is 21.3. The number of carbonyl (C=O) groups is 2. The second-order valence-corrected chi connectivity index (χ2v) is 13.7. The molecule has 45 heavy (non-hydrogen) atoms. The largest absolute Gasteiger partial charge is 0.364 e. The van der Waals surface area contributed by atoms with Crippen LogP contribution in [0.5, 0.6) is 0 Å². The molecule has 2 amide bonds. The van der Waals surface area contributed by atoms with Gasteiger partial charge in [-0.1, -0.05) is 19.1 Å². The van der Waals surface area contributed by atoms with Crippen LogP contribution < -0.4 is 15.5 Å². The predicted molar refractivity (Wildman–Crippen MR) is 158 cm³/mol. The summed E-state index contributed by atoms with van der Waals surface area (Å²) in [6, 6.07) is 12.8. The van der Waals surface area contributed by atoms with Crippen molar-refractivity contribution in [3.05, 3.63) is 59.7 Å². The van der Waals surface area contributed by atoms with Crippen LogP contribution in [0.1, 0.15) is 67.4 Å². The quantitative estimate of drug-likeness (QED) is 0.309. The Morgan fingerprint density at radius 2 is 1.73 bits per heavy atom. The van der Waals surface area contributed by atoms with Crippen LogP contribution in [0.15, 0.2) is 53.4 Å². The summed E-state index contributed by atoms with van der Waals surface area (Å²) in [6.07, 6.45) is -0.285. The van der Waals surface area contributed by atoms with Crippen LogP contribution in [0.4, 0.5) is 23.2 Å². The highest BCUT2D eigenvalue weighted by Gasteiger charge is 2.39. The molecule has 2 N–H and O–H groups in total. The second-order valence-electron chi connectivity index (χ2n) is 11.4. The van der Waals surface area contributed by atoms with E-state index in [0.717, 1.165) is 0 Å². The molecule has 0 aromatic heterocycles. The highest BCUT2D eigenvalue weighted by atomic mass is 32.2. The Morgan fingerprint density at radius 1 is 1.09 bits per heavy atom. The molecule has 14 heteroatoms. The number of hydrogen-bond donors (Lipinski definition) is 2. The molecule has 1 saturated heterocycles. The van der Waals surface area contributed by atoms with Crippen LogP contribution >= 0.6 is 0 Å². The molecule has 2 aromatic rings. The van der Waals surface area contributed by atoms with E-state index in [-0.39, 0.29) is 67.4 Å². The van der Waals surface area contributed by atoms with Crippen molar-refractivity contribution in [2.75, 3.05) is 23.8 Å². The number of amides is 2. The molecule has 1 heterocycles. The Kier molecular flexibility index (Phi) is 11.1. The normalized spacial score (nSPS) is 20.9. The summed E-state index contributed by atoms with van der Waals surface area (Å²) in [4.78, 5) is 27.8. The number of alkyl halides is 4. The number of ether oxygens (including phenoxy) is 1. The zero-order chi connectivity index (χ0) is 32.8. The number of benzene rings is 2. The van der Waals surface area contributed by atoms with Crippen molar-refractivity contribution < 1.29 is 40.3 Å². The average molecular weight is 653 g/mol. The van der Waals surface area contributed by atoms with Crippen molar-refractivity contribution in [1.82, 2.24) is 10.6 Å². The Balaban J connectivity index is 1.42. The van der Waals surface area contributed by atoms with Crippen LogP contribution in [-0.2, 0) is 19.4 Å². The lowest BCUT2D eigenvalue weighted by atomic mass is 9.86. The number of nitriles is 1. The van der Waals surface area contributed by atoms with Crippen molar-refractivity contribution in [3.8, 4) is 6.07 Å². The van der Waals surface area contributed by atoms with Gasteiger partial charge < -0.3 is 20.3 Å². The van der Waals surface area contributed by atoms with Gasteiger partial charge in [-0.05, 0) is 61.2 Å². The number of hydrogen-bond acceptors (Lipinski definition) is 7. The SMILES string of the molecule is CCS(=O)(=O)c1ccc([C@H](CC#N)NC(=O)c2ccc(N3C[C@@H](NC(=O)C4CCC(F)(F)CC4)C[C@H]3COC(F)F)cc2)cc1. The number of rotatable bonds is 12. The molecule has 2 aromatic carbocycles. The first-order valence-corrected chi connectivity index (χ1v) is 16.4. The highest BCUT2D eigenvalue weighted by Crippen LogP contribution is 2.36. The summed E-state index contributed by atoms with van der Waals surface area (Å²) in [5.74, 6) is -4.15. The van der Waals surface area contributed by atoms with E-state index in [1.807, 2.05) is 6.07 Å². The number of nitrogens with zero attached hydrogens (tertiary/aromatic N) is 2. The zero-order valence-electron chi connectivity index (χ0n) is 24.7. The molecule has 2 aliphatic rings. The third kappa shape index (κ3) is 8.94. The van der Waals surface area contributed by atoms with E-state index in [9.17, 15) is 40.8 Å². The minimum Gasteiger partial charge on any atom is -0.364 e. The molecule has 1 aliphatic carbocycles. The number of anilines is 1.